The second-order valence-corrected chi connectivity index (χ2v) is 5.56. The van der Waals surface area contributed by atoms with Gasteiger partial charge in [-0.15, -0.1) is 0 Å². The summed E-state index contributed by atoms with van der Waals surface area (Å²) < 4.78 is 4.79. The average molecular weight is 312 g/mol. The van der Waals surface area contributed by atoms with Crippen LogP contribution < -0.4 is 4.90 Å². The number of hydrogen-bond acceptors (Lipinski definition) is 3. The van der Waals surface area contributed by atoms with Gasteiger partial charge in [0.2, 0.25) is 5.91 Å². The molecule has 4 nitrogen and oxygen atoms in total. The van der Waals surface area contributed by atoms with Crippen LogP contribution >= 0.6 is 15.9 Å². The van der Waals surface area contributed by atoms with Gasteiger partial charge in [0, 0.05) is 17.8 Å². The minimum absolute atomic E-state index is 0.0210. The molecule has 0 N–H and O–H groups in total. The molecule has 1 aromatic carbocycles. The molecule has 1 aromatic rings. The molecule has 0 spiro atoms. The van der Waals surface area contributed by atoms with Gasteiger partial charge in [-0.1, -0.05) is 28.1 Å². The van der Waals surface area contributed by atoms with E-state index in [4.69, 9.17) is 4.74 Å². The Morgan fingerprint density at radius 1 is 1.50 bits per heavy atom. The largest absolute Gasteiger partial charge is 0.465 e. The first-order chi connectivity index (χ1) is 8.54. The van der Waals surface area contributed by atoms with E-state index in [-0.39, 0.29) is 10.7 Å². The number of alkyl halides is 1. The van der Waals surface area contributed by atoms with Crippen LogP contribution in [0.1, 0.15) is 22.3 Å². The van der Waals surface area contributed by atoms with Crippen LogP contribution in [-0.2, 0) is 9.53 Å². The Kier molecular flexibility index (Phi) is 3.71. The number of esters is 1. The molecule has 5 heteroatoms. The topological polar surface area (TPSA) is 46.6 Å². The molecule has 96 valence electrons. The molecule has 0 aromatic heterocycles. The zero-order valence-electron chi connectivity index (χ0n) is 10.3. The number of ether oxygens (including phenoxy) is 1. The minimum Gasteiger partial charge on any atom is -0.465 e. The van der Waals surface area contributed by atoms with Crippen LogP contribution in [0.2, 0.25) is 0 Å². The van der Waals surface area contributed by atoms with Crippen molar-refractivity contribution in [2.75, 3.05) is 18.6 Å². The van der Waals surface area contributed by atoms with Gasteiger partial charge in [-0.25, -0.2) is 4.79 Å². The van der Waals surface area contributed by atoms with Crippen molar-refractivity contribution in [3.8, 4) is 0 Å². The van der Waals surface area contributed by atoms with Gasteiger partial charge in [0.1, 0.15) is 0 Å². The highest BCUT2D eigenvalue weighted by Crippen LogP contribution is 2.30. The van der Waals surface area contributed by atoms with E-state index in [9.17, 15) is 9.59 Å². The standard InChI is InChI=1S/C13H14BrNO3/c1-8-4-3-5-10(12(8)13(17)18-2)15-7-9(14)6-11(15)16/h3-5,9H,6-7H2,1-2H3. The zero-order valence-corrected chi connectivity index (χ0v) is 11.9. The zero-order chi connectivity index (χ0) is 13.3. The van der Waals surface area contributed by atoms with Gasteiger partial charge in [-0.05, 0) is 18.6 Å². The van der Waals surface area contributed by atoms with Crippen LogP contribution in [0.25, 0.3) is 0 Å². The molecule has 1 saturated heterocycles. The number of carbonyl (C=O) groups is 2. The highest BCUT2D eigenvalue weighted by Gasteiger charge is 2.31. The fourth-order valence-electron chi connectivity index (χ4n) is 2.14. The van der Waals surface area contributed by atoms with E-state index in [1.807, 2.05) is 19.1 Å². The Morgan fingerprint density at radius 2 is 2.22 bits per heavy atom. The summed E-state index contributed by atoms with van der Waals surface area (Å²) in [6, 6.07) is 5.45. The predicted octanol–water partition coefficient (Wildman–Crippen LogP) is 2.28. The number of hydrogen-bond donors (Lipinski definition) is 0. The number of benzene rings is 1. The Morgan fingerprint density at radius 3 is 2.78 bits per heavy atom. The lowest BCUT2D eigenvalue weighted by atomic mass is 10.1. The Balaban J connectivity index is 2.48. The first-order valence-corrected chi connectivity index (χ1v) is 6.58. The van der Waals surface area contributed by atoms with Crippen molar-refractivity contribution in [1.82, 2.24) is 0 Å². The summed E-state index contributed by atoms with van der Waals surface area (Å²) in [7, 11) is 1.34. The van der Waals surface area contributed by atoms with Gasteiger partial charge < -0.3 is 9.64 Å². The number of rotatable bonds is 2. The second-order valence-electron chi connectivity index (χ2n) is 4.27. The van der Waals surface area contributed by atoms with Crippen molar-refractivity contribution in [3.63, 3.8) is 0 Å². The van der Waals surface area contributed by atoms with E-state index in [0.29, 0.717) is 24.2 Å². The van der Waals surface area contributed by atoms with Crippen molar-refractivity contribution < 1.29 is 14.3 Å². The van der Waals surface area contributed by atoms with E-state index in [0.717, 1.165) is 5.56 Å². The molecule has 0 saturated carbocycles. The fourth-order valence-corrected chi connectivity index (χ4v) is 2.71. The third kappa shape index (κ3) is 2.27. The molecule has 1 amide bonds. The smallest absolute Gasteiger partial charge is 0.340 e. The van der Waals surface area contributed by atoms with Crippen molar-refractivity contribution >= 4 is 33.5 Å². The third-order valence-corrected chi connectivity index (χ3v) is 3.62. The van der Waals surface area contributed by atoms with E-state index in [2.05, 4.69) is 15.9 Å². The summed E-state index contributed by atoms with van der Waals surface area (Å²) in [4.78, 5) is 25.5. The van der Waals surface area contributed by atoms with Gasteiger partial charge in [-0.2, -0.15) is 0 Å². The lowest BCUT2D eigenvalue weighted by molar-refractivity contribution is -0.117. The van der Waals surface area contributed by atoms with Crippen LogP contribution in [0.5, 0.6) is 0 Å². The van der Waals surface area contributed by atoms with Crippen molar-refractivity contribution in [1.29, 1.82) is 0 Å². The summed E-state index contributed by atoms with van der Waals surface area (Å²) in [5.74, 6) is -0.387. The number of methoxy groups -OCH3 is 1. The van der Waals surface area contributed by atoms with Gasteiger partial charge in [-0.3, -0.25) is 4.79 Å². The van der Waals surface area contributed by atoms with Gasteiger partial charge >= 0.3 is 5.97 Å². The number of amides is 1. The van der Waals surface area contributed by atoms with Gasteiger partial charge in [0.15, 0.2) is 0 Å². The summed E-state index contributed by atoms with van der Waals surface area (Å²) in [6.45, 7) is 2.41. The van der Waals surface area contributed by atoms with Crippen LogP contribution in [0, 0.1) is 6.92 Å². The van der Waals surface area contributed by atoms with Crippen LogP contribution in [-0.4, -0.2) is 30.4 Å². The van der Waals surface area contributed by atoms with Crippen LogP contribution in [0.3, 0.4) is 0 Å². The highest BCUT2D eigenvalue weighted by molar-refractivity contribution is 9.09. The molecule has 1 heterocycles. The number of anilines is 1. The van der Waals surface area contributed by atoms with Crippen molar-refractivity contribution in [2.24, 2.45) is 0 Å². The molecule has 1 aliphatic heterocycles. The summed E-state index contributed by atoms with van der Waals surface area (Å²) >= 11 is 3.43. The Hall–Kier alpha value is -1.36. The first kappa shape index (κ1) is 13.1. The molecule has 0 radical (unpaired) electrons. The Labute approximate surface area is 114 Å². The maximum absolute atomic E-state index is 11.9. The maximum Gasteiger partial charge on any atom is 0.340 e. The van der Waals surface area contributed by atoms with E-state index >= 15 is 0 Å². The maximum atomic E-state index is 11.9. The third-order valence-electron chi connectivity index (χ3n) is 3.01. The monoisotopic (exact) mass is 311 g/mol. The van der Waals surface area contributed by atoms with Crippen molar-refractivity contribution in [3.05, 3.63) is 29.3 Å². The van der Waals surface area contributed by atoms with Gasteiger partial charge in [0.05, 0.1) is 18.4 Å². The molecule has 2 rings (SSSR count). The predicted molar refractivity (Wildman–Crippen MR) is 72.2 cm³/mol. The van der Waals surface area contributed by atoms with Crippen molar-refractivity contribution in [2.45, 2.75) is 18.2 Å². The number of nitrogens with zero attached hydrogens (tertiary/aromatic N) is 1. The number of aryl methyl sites for hydroxylation is 1. The molecule has 1 fully saturated rings. The Bertz CT molecular complexity index is 501. The van der Waals surface area contributed by atoms with E-state index in [1.165, 1.54) is 7.11 Å². The van der Waals surface area contributed by atoms with Gasteiger partial charge in [0.25, 0.3) is 0 Å². The lowest BCUT2D eigenvalue weighted by Gasteiger charge is -2.20. The molecular formula is C13H14BrNO3. The average Bonchev–Trinajstić information content (AvgIpc) is 2.67. The summed E-state index contributed by atoms with van der Waals surface area (Å²) in [5.41, 5.74) is 1.91. The quantitative estimate of drug-likeness (QED) is 0.622. The van der Waals surface area contributed by atoms with Crippen LogP contribution in [0.15, 0.2) is 18.2 Å². The molecule has 18 heavy (non-hydrogen) atoms. The minimum atomic E-state index is -0.408. The summed E-state index contributed by atoms with van der Waals surface area (Å²) in [6.07, 6.45) is 0.453. The molecule has 1 atom stereocenters. The molecule has 0 aliphatic carbocycles. The van der Waals surface area contributed by atoms with Crippen LogP contribution in [0.4, 0.5) is 5.69 Å². The molecular weight excluding hydrogens is 298 g/mol. The lowest BCUT2D eigenvalue weighted by Crippen LogP contribution is -2.27. The number of halogens is 1. The first-order valence-electron chi connectivity index (χ1n) is 5.67. The normalized spacial score (nSPS) is 19.2. The van der Waals surface area contributed by atoms with E-state index in [1.54, 1.807) is 11.0 Å². The number of carbonyl (C=O) groups excluding carboxylic acids is 2. The molecule has 1 aliphatic rings. The second kappa shape index (κ2) is 5.10. The summed E-state index contributed by atoms with van der Waals surface area (Å²) in [5, 5.41) is 0. The SMILES string of the molecule is COC(=O)c1c(C)cccc1N1CC(Br)CC1=O. The van der Waals surface area contributed by atoms with E-state index < -0.39 is 5.97 Å². The fraction of sp³-hybridized carbons (Fsp3) is 0.385. The highest BCUT2D eigenvalue weighted by atomic mass is 79.9. The molecule has 0 bridgehead atoms. The molecule has 1 unspecified atom stereocenters.